The van der Waals surface area contributed by atoms with Crippen LogP contribution in [-0.2, 0) is 0 Å². The highest BCUT2D eigenvalue weighted by Crippen LogP contribution is 2.38. The highest BCUT2D eigenvalue weighted by Gasteiger charge is 2.18. The topological polar surface area (TPSA) is 43.8 Å². The van der Waals surface area contributed by atoms with Gasteiger partial charge >= 0.3 is 0 Å². The molecule has 0 bridgehead atoms. The maximum atomic E-state index is 6.59. The third-order valence-electron chi connectivity index (χ3n) is 9.11. The molecular weight excluding hydrogens is 552 g/mol. The summed E-state index contributed by atoms with van der Waals surface area (Å²) >= 11 is 0. The van der Waals surface area contributed by atoms with Gasteiger partial charge in [-0.05, 0) is 98.1 Å². The number of para-hydroxylation sites is 2. The van der Waals surface area contributed by atoms with Crippen molar-refractivity contribution in [2.24, 2.45) is 0 Å². The first-order valence-corrected chi connectivity index (χ1v) is 15.3. The second-order valence-electron chi connectivity index (χ2n) is 12.2. The molecule has 0 aliphatic rings. The van der Waals surface area contributed by atoms with E-state index in [9.17, 15) is 0 Å². The van der Waals surface area contributed by atoms with E-state index >= 15 is 0 Å². The molecule has 5 heteroatoms. The average Bonchev–Trinajstić information content (AvgIpc) is 3.65. The SMILES string of the molecule is Cc1cc(C)c(-c2cnc3c4cc(Oc5ccc6c7ccccc7n7cc(C)nc7c6c5)ccc4c4ccccc4n23)c(C)c1. The number of benzene rings is 5. The number of hydrogen-bond acceptors (Lipinski definition) is 3. The summed E-state index contributed by atoms with van der Waals surface area (Å²) in [4.78, 5) is 9.91. The first-order valence-electron chi connectivity index (χ1n) is 15.3. The average molecular weight is 583 g/mol. The molecule has 216 valence electrons. The highest BCUT2D eigenvalue weighted by atomic mass is 16.5. The predicted molar refractivity (Wildman–Crippen MR) is 185 cm³/mol. The van der Waals surface area contributed by atoms with Crippen LogP contribution in [0.3, 0.4) is 0 Å². The lowest BCUT2D eigenvalue weighted by Crippen LogP contribution is -1.97. The Bertz CT molecular complexity index is 2650. The summed E-state index contributed by atoms with van der Waals surface area (Å²) < 4.78 is 11.1. The molecule has 9 rings (SSSR count). The van der Waals surface area contributed by atoms with Crippen LogP contribution in [0.1, 0.15) is 22.4 Å². The van der Waals surface area contributed by atoms with Crippen LogP contribution in [0.25, 0.3) is 65.9 Å². The molecule has 0 fully saturated rings. The molecule has 0 saturated heterocycles. The Hall–Kier alpha value is -5.68. The number of imidazole rings is 2. The van der Waals surface area contributed by atoms with Gasteiger partial charge in [0, 0.05) is 33.3 Å². The standard InChI is InChI=1S/C40H30N4O/c1-23-17-24(2)38(25(3)18-23)37-21-41-39-33-19-27(14-16-30(33)32-10-6-8-12-36(32)44(37)39)45-28-13-15-29-31-9-5-7-11-35(31)43-22-26(4)42-40(43)34(29)20-28/h5-22H,1-4H3. The minimum atomic E-state index is 0.766. The van der Waals surface area contributed by atoms with E-state index in [1.807, 2.05) is 13.1 Å². The van der Waals surface area contributed by atoms with E-state index in [1.54, 1.807) is 0 Å². The molecule has 9 aromatic rings. The van der Waals surface area contributed by atoms with Gasteiger partial charge in [0.15, 0.2) is 0 Å². The van der Waals surface area contributed by atoms with Gasteiger partial charge in [0.1, 0.15) is 22.8 Å². The lowest BCUT2D eigenvalue weighted by Gasteiger charge is -2.15. The Balaban J connectivity index is 1.24. The minimum absolute atomic E-state index is 0.766. The minimum Gasteiger partial charge on any atom is -0.457 e. The Morgan fingerprint density at radius 1 is 0.578 bits per heavy atom. The summed E-state index contributed by atoms with van der Waals surface area (Å²) in [5, 5.41) is 6.81. The largest absolute Gasteiger partial charge is 0.457 e. The van der Waals surface area contributed by atoms with Gasteiger partial charge in [-0.3, -0.25) is 8.80 Å². The smallest absolute Gasteiger partial charge is 0.145 e. The molecule has 4 aromatic heterocycles. The second-order valence-corrected chi connectivity index (χ2v) is 12.2. The molecule has 0 amide bonds. The number of ether oxygens (including phenoxy) is 1. The van der Waals surface area contributed by atoms with Gasteiger partial charge in [0.25, 0.3) is 0 Å². The Morgan fingerprint density at radius 3 is 1.87 bits per heavy atom. The molecule has 0 N–H and O–H groups in total. The summed E-state index contributed by atoms with van der Waals surface area (Å²) in [7, 11) is 0. The van der Waals surface area contributed by atoms with Crippen molar-refractivity contribution in [2.75, 3.05) is 0 Å². The van der Waals surface area contributed by atoms with Gasteiger partial charge in [-0.15, -0.1) is 0 Å². The Kier molecular flexibility index (Phi) is 5.39. The molecular formula is C40H30N4O. The number of nitrogens with zero attached hydrogens (tertiary/aromatic N) is 4. The zero-order valence-electron chi connectivity index (χ0n) is 25.6. The zero-order valence-corrected chi connectivity index (χ0v) is 25.6. The van der Waals surface area contributed by atoms with E-state index in [4.69, 9.17) is 14.7 Å². The fraction of sp³-hybridized carbons (Fsp3) is 0.100. The third-order valence-corrected chi connectivity index (χ3v) is 9.11. The summed E-state index contributed by atoms with van der Waals surface area (Å²) in [6.45, 7) is 8.57. The van der Waals surface area contributed by atoms with Crippen molar-refractivity contribution in [3.8, 4) is 22.8 Å². The number of fused-ring (bicyclic) bond motifs is 12. The van der Waals surface area contributed by atoms with Crippen molar-refractivity contribution >= 4 is 54.6 Å². The van der Waals surface area contributed by atoms with Gasteiger partial charge in [-0.1, -0.05) is 54.1 Å². The van der Waals surface area contributed by atoms with Crippen LogP contribution in [0.5, 0.6) is 11.5 Å². The maximum Gasteiger partial charge on any atom is 0.145 e. The number of aromatic nitrogens is 4. The third kappa shape index (κ3) is 3.80. The number of aryl methyl sites for hydroxylation is 4. The molecule has 5 nitrogen and oxygen atoms in total. The quantitative estimate of drug-likeness (QED) is 0.195. The monoisotopic (exact) mass is 582 g/mol. The summed E-state index contributed by atoms with van der Waals surface area (Å²) in [6.07, 6.45) is 4.12. The van der Waals surface area contributed by atoms with E-state index in [1.165, 1.54) is 33.0 Å². The lowest BCUT2D eigenvalue weighted by molar-refractivity contribution is 0.484. The molecule has 4 heterocycles. The van der Waals surface area contributed by atoms with Crippen LogP contribution in [0, 0.1) is 27.7 Å². The van der Waals surface area contributed by atoms with E-state index in [-0.39, 0.29) is 0 Å². The van der Waals surface area contributed by atoms with Crippen LogP contribution < -0.4 is 4.74 Å². The summed E-state index contributed by atoms with van der Waals surface area (Å²) in [5.74, 6) is 1.54. The van der Waals surface area contributed by atoms with Gasteiger partial charge < -0.3 is 4.74 Å². The van der Waals surface area contributed by atoms with E-state index in [2.05, 4.69) is 133 Å². The van der Waals surface area contributed by atoms with Crippen LogP contribution >= 0.6 is 0 Å². The van der Waals surface area contributed by atoms with Crippen LogP contribution in [0.15, 0.2) is 109 Å². The van der Waals surface area contributed by atoms with Crippen LogP contribution in [0.4, 0.5) is 0 Å². The number of pyridine rings is 2. The number of rotatable bonds is 3. The molecule has 45 heavy (non-hydrogen) atoms. The second kappa shape index (κ2) is 9.41. The van der Waals surface area contributed by atoms with Gasteiger partial charge in [0.05, 0.1) is 28.6 Å². The van der Waals surface area contributed by atoms with Crippen molar-refractivity contribution < 1.29 is 4.74 Å². The van der Waals surface area contributed by atoms with Gasteiger partial charge in [0.2, 0.25) is 0 Å². The normalized spacial score (nSPS) is 12.0. The van der Waals surface area contributed by atoms with E-state index in [0.717, 1.165) is 66.8 Å². The van der Waals surface area contributed by atoms with Gasteiger partial charge in [-0.2, -0.15) is 0 Å². The number of hydrogen-bond donors (Lipinski definition) is 0. The zero-order chi connectivity index (χ0) is 30.4. The van der Waals surface area contributed by atoms with E-state index < -0.39 is 0 Å². The predicted octanol–water partition coefficient (Wildman–Crippen LogP) is 10.3. The molecule has 0 atom stereocenters. The van der Waals surface area contributed by atoms with Crippen molar-refractivity contribution in [3.05, 3.63) is 132 Å². The molecule has 5 aromatic carbocycles. The maximum absolute atomic E-state index is 6.59. The molecule has 0 saturated carbocycles. The fourth-order valence-electron chi connectivity index (χ4n) is 7.37. The first kappa shape index (κ1) is 25.8. The Labute approximate surface area is 260 Å². The molecule has 0 aliphatic carbocycles. The lowest BCUT2D eigenvalue weighted by atomic mass is 9.97. The van der Waals surface area contributed by atoms with Crippen LogP contribution in [0.2, 0.25) is 0 Å². The Morgan fingerprint density at radius 2 is 1.18 bits per heavy atom. The van der Waals surface area contributed by atoms with E-state index in [0.29, 0.717) is 0 Å². The van der Waals surface area contributed by atoms with Crippen molar-refractivity contribution in [1.29, 1.82) is 0 Å². The molecule has 0 aliphatic heterocycles. The van der Waals surface area contributed by atoms with Crippen LogP contribution in [-0.4, -0.2) is 18.8 Å². The summed E-state index contributed by atoms with van der Waals surface area (Å²) in [5.41, 5.74) is 11.2. The fourth-order valence-corrected chi connectivity index (χ4v) is 7.37. The van der Waals surface area contributed by atoms with Gasteiger partial charge in [-0.25, -0.2) is 9.97 Å². The van der Waals surface area contributed by atoms with Crippen molar-refractivity contribution in [2.45, 2.75) is 27.7 Å². The van der Waals surface area contributed by atoms with Crippen molar-refractivity contribution in [3.63, 3.8) is 0 Å². The highest BCUT2D eigenvalue weighted by molar-refractivity contribution is 6.13. The molecule has 0 spiro atoms. The van der Waals surface area contributed by atoms with Crippen molar-refractivity contribution in [1.82, 2.24) is 18.8 Å². The first-order chi connectivity index (χ1) is 21.9. The molecule has 0 unspecified atom stereocenters. The molecule has 0 radical (unpaired) electrons. The summed E-state index contributed by atoms with van der Waals surface area (Å²) in [6, 6.07) is 34.2.